The molecule has 2 aromatic rings. The lowest BCUT2D eigenvalue weighted by molar-refractivity contribution is -0.214. The molecule has 11 heteroatoms. The number of benzene rings is 1. The summed E-state index contributed by atoms with van der Waals surface area (Å²) in [5.41, 5.74) is 3.22. The Hall–Kier alpha value is -2.76. The first kappa shape index (κ1) is 28.0. The Bertz CT molecular complexity index is 1480. The summed E-state index contributed by atoms with van der Waals surface area (Å²) in [7, 11) is -3.47. The van der Waals surface area contributed by atoms with Crippen molar-refractivity contribution >= 4 is 16.2 Å². The molecule has 6 aliphatic rings. The first-order valence-electron chi connectivity index (χ1n) is 15.0. The zero-order chi connectivity index (χ0) is 29.3. The molecule has 1 amide bonds. The van der Waals surface area contributed by atoms with Gasteiger partial charge < -0.3 is 9.47 Å². The summed E-state index contributed by atoms with van der Waals surface area (Å²) in [6.45, 7) is 5.54. The third kappa shape index (κ3) is 5.07. The lowest BCUT2D eigenvalue weighted by atomic mass is 9.39. The molecule has 42 heavy (non-hydrogen) atoms. The third-order valence-electron chi connectivity index (χ3n) is 9.90. The number of likely N-dealkylation sites (tertiary alicyclic amines) is 1. The number of amides is 1. The smallest absolute Gasteiger partial charge is 0.410 e. The molecule has 2 aliphatic heterocycles. The van der Waals surface area contributed by atoms with Crippen LogP contribution in [0.5, 0.6) is 5.88 Å². The average molecular weight is 600 g/mol. The Labute approximate surface area is 246 Å². The van der Waals surface area contributed by atoms with Crippen molar-refractivity contribution in [3.8, 4) is 17.1 Å². The second kappa shape index (κ2) is 9.89. The molecule has 2 bridgehead atoms. The zero-order valence-corrected chi connectivity index (χ0v) is 25.1. The number of hydrogen-bond donors (Lipinski definition) is 0. The maximum atomic E-state index is 13.6. The van der Waals surface area contributed by atoms with Gasteiger partial charge in [-0.2, -0.15) is 8.42 Å². The number of piperidine rings is 1. The lowest BCUT2D eigenvalue weighted by Crippen LogP contribution is -2.76. The van der Waals surface area contributed by atoms with Crippen molar-refractivity contribution in [2.75, 3.05) is 39.1 Å². The van der Waals surface area contributed by atoms with E-state index in [1.807, 2.05) is 11.8 Å². The maximum Gasteiger partial charge on any atom is 0.410 e. The molecule has 9 nitrogen and oxygen atoms in total. The van der Waals surface area contributed by atoms with Gasteiger partial charge in [0.1, 0.15) is 11.4 Å². The van der Waals surface area contributed by atoms with Gasteiger partial charge in [0.25, 0.3) is 10.1 Å². The van der Waals surface area contributed by atoms with Crippen molar-refractivity contribution in [1.82, 2.24) is 14.8 Å². The summed E-state index contributed by atoms with van der Waals surface area (Å²) >= 11 is 0. The quantitative estimate of drug-likeness (QED) is 0.358. The molecule has 2 saturated heterocycles. The first-order chi connectivity index (χ1) is 20.0. The van der Waals surface area contributed by atoms with Crippen molar-refractivity contribution < 1.29 is 31.3 Å². The largest absolute Gasteiger partial charge is 0.478 e. The van der Waals surface area contributed by atoms with Crippen molar-refractivity contribution in [2.24, 2.45) is 5.41 Å². The van der Waals surface area contributed by atoms with Gasteiger partial charge in [-0.25, -0.2) is 14.2 Å². The number of halogens is 1. The Morgan fingerprint density at radius 2 is 1.81 bits per heavy atom. The normalized spacial score (nSPS) is 28.4. The van der Waals surface area contributed by atoms with Crippen LogP contribution < -0.4 is 4.74 Å². The van der Waals surface area contributed by atoms with E-state index in [4.69, 9.17) is 18.6 Å². The van der Waals surface area contributed by atoms with Gasteiger partial charge in [0.2, 0.25) is 5.88 Å². The van der Waals surface area contributed by atoms with Crippen LogP contribution >= 0.6 is 0 Å². The summed E-state index contributed by atoms with van der Waals surface area (Å²) in [5.74, 6) is 0.826. The Morgan fingerprint density at radius 1 is 1.12 bits per heavy atom. The molecular formula is C31H38FN3O6S. The summed E-state index contributed by atoms with van der Waals surface area (Å²) < 4.78 is 53.6. The number of aromatic nitrogens is 1. The van der Waals surface area contributed by atoms with E-state index < -0.39 is 15.7 Å². The predicted octanol–water partition coefficient (Wildman–Crippen LogP) is 4.85. The molecule has 4 aliphatic carbocycles. The summed E-state index contributed by atoms with van der Waals surface area (Å²) in [6, 6.07) is 8.75. The highest BCUT2D eigenvalue weighted by atomic mass is 32.2. The Morgan fingerprint density at radius 3 is 2.43 bits per heavy atom. The van der Waals surface area contributed by atoms with Gasteiger partial charge in [0, 0.05) is 54.6 Å². The van der Waals surface area contributed by atoms with Crippen molar-refractivity contribution in [2.45, 2.75) is 75.5 Å². The molecule has 4 saturated carbocycles. The summed E-state index contributed by atoms with van der Waals surface area (Å²) in [4.78, 5) is 22.3. The van der Waals surface area contributed by atoms with E-state index in [2.05, 4.69) is 11.0 Å². The van der Waals surface area contributed by atoms with E-state index in [1.54, 1.807) is 12.1 Å². The number of hydrogen-bond acceptors (Lipinski definition) is 8. The number of ether oxygens (including phenoxy) is 2. The minimum atomic E-state index is -3.47. The van der Waals surface area contributed by atoms with Gasteiger partial charge >= 0.3 is 6.09 Å². The Kier molecular flexibility index (Phi) is 6.60. The van der Waals surface area contributed by atoms with E-state index in [0.29, 0.717) is 31.5 Å². The molecule has 1 aromatic heterocycles. The molecule has 6 fully saturated rings. The monoisotopic (exact) mass is 599 g/mol. The average Bonchev–Trinajstić information content (AvgIpc) is 3.69. The number of pyridine rings is 1. The van der Waals surface area contributed by atoms with Gasteiger partial charge in [-0.15, -0.1) is 0 Å². The summed E-state index contributed by atoms with van der Waals surface area (Å²) in [5, 5.41) is 0. The Balaban J connectivity index is 1.01. The fraction of sp³-hybridized carbons (Fsp3) is 0.613. The van der Waals surface area contributed by atoms with Gasteiger partial charge in [-0.05, 0) is 80.8 Å². The van der Waals surface area contributed by atoms with E-state index in [0.717, 1.165) is 81.1 Å². The van der Waals surface area contributed by atoms with Crippen LogP contribution in [-0.2, 0) is 25.6 Å². The molecule has 3 heterocycles. The second-order valence-corrected chi connectivity index (χ2v) is 14.9. The molecule has 8 rings (SSSR count). The van der Waals surface area contributed by atoms with Crippen LogP contribution in [0, 0.1) is 11.2 Å². The second-order valence-electron chi connectivity index (χ2n) is 13.2. The van der Waals surface area contributed by atoms with Crippen molar-refractivity contribution in [1.29, 1.82) is 0 Å². The maximum absolute atomic E-state index is 13.6. The van der Waals surface area contributed by atoms with Crippen LogP contribution in [-0.4, -0.2) is 79.5 Å². The topological polar surface area (TPSA) is 98.3 Å². The van der Waals surface area contributed by atoms with E-state index in [1.165, 1.54) is 17.7 Å². The minimum absolute atomic E-state index is 0.125. The van der Waals surface area contributed by atoms with Crippen LogP contribution in [0.3, 0.4) is 0 Å². The molecule has 226 valence electrons. The van der Waals surface area contributed by atoms with Gasteiger partial charge in [-0.3, -0.25) is 14.0 Å². The molecule has 0 radical (unpaired) electrons. The molecular weight excluding hydrogens is 561 g/mol. The number of carbonyl (C=O) groups is 1. The third-order valence-corrected chi connectivity index (χ3v) is 10.4. The lowest BCUT2D eigenvalue weighted by Gasteiger charge is -2.72. The van der Waals surface area contributed by atoms with Gasteiger partial charge in [0.15, 0.2) is 0 Å². The van der Waals surface area contributed by atoms with E-state index in [-0.39, 0.29) is 29.5 Å². The molecule has 1 spiro atoms. The fourth-order valence-corrected chi connectivity index (χ4v) is 8.16. The number of nitrogens with zero attached hydrogens (tertiary/aromatic N) is 3. The number of carbonyl (C=O) groups excluding carboxylic acids is 1. The highest BCUT2D eigenvalue weighted by Crippen LogP contribution is 2.70. The number of rotatable bonds is 10. The predicted molar refractivity (Wildman–Crippen MR) is 153 cm³/mol. The highest BCUT2D eigenvalue weighted by molar-refractivity contribution is 7.85. The van der Waals surface area contributed by atoms with Gasteiger partial charge in [0.05, 0.1) is 31.7 Å². The first-order valence-corrected chi connectivity index (χ1v) is 16.8. The SMILES string of the molecule is CCOc1nc(-c2ccc(F)cc2)c(C2CC2)cc1CN1CCC2(CC1)CN(C13CC(COS(C)(=O)=O)(C1)C3)C(=O)O2. The van der Waals surface area contributed by atoms with Crippen LogP contribution in [0.15, 0.2) is 30.3 Å². The fourth-order valence-electron chi connectivity index (χ4n) is 7.69. The molecule has 0 unspecified atom stereocenters. The molecule has 0 N–H and O–H groups in total. The van der Waals surface area contributed by atoms with Crippen molar-refractivity contribution in [3.05, 3.63) is 47.3 Å². The molecule has 0 atom stereocenters. The minimum Gasteiger partial charge on any atom is -0.478 e. The van der Waals surface area contributed by atoms with Crippen molar-refractivity contribution in [3.63, 3.8) is 0 Å². The highest BCUT2D eigenvalue weighted by Gasteiger charge is 2.73. The van der Waals surface area contributed by atoms with Crippen LogP contribution in [0.1, 0.15) is 68.9 Å². The van der Waals surface area contributed by atoms with Crippen LogP contribution in [0.25, 0.3) is 11.3 Å². The van der Waals surface area contributed by atoms with Crippen LogP contribution in [0.2, 0.25) is 0 Å². The van der Waals surface area contributed by atoms with Crippen LogP contribution in [0.4, 0.5) is 9.18 Å². The van der Waals surface area contributed by atoms with E-state index >= 15 is 0 Å². The molecule has 1 aromatic carbocycles. The summed E-state index contributed by atoms with van der Waals surface area (Å²) in [6.07, 6.45) is 6.93. The van der Waals surface area contributed by atoms with E-state index in [9.17, 15) is 17.6 Å². The zero-order valence-electron chi connectivity index (χ0n) is 24.2. The standard InChI is InChI=1S/C31H38FN3O6S/c1-3-39-27-23(14-25(21-4-5-21)26(33-27)22-6-8-24(32)9-7-22)15-34-12-10-31(11-13-34)19-35(28(36)41-31)30-16-29(17-30,18-30)20-40-42(2,37)38/h6-9,14,21H,3-5,10-13,15-20H2,1-2H3. The van der Waals surface area contributed by atoms with Gasteiger partial charge in [-0.1, -0.05) is 0 Å².